The number of ether oxygens (including phenoxy) is 1. The first kappa shape index (κ1) is 49.7. The van der Waals surface area contributed by atoms with Gasteiger partial charge in [-0.15, -0.1) is 0 Å². The number of nitrogens with zero attached hydrogens (tertiary/aromatic N) is 7. The quantitative estimate of drug-likeness (QED) is 0.0539. The number of alkyl halides is 6. The predicted octanol–water partition coefficient (Wildman–Crippen LogP) is 7.48. The van der Waals surface area contributed by atoms with Crippen LogP contribution >= 0.6 is 0 Å². The summed E-state index contributed by atoms with van der Waals surface area (Å²) in [5.41, 5.74) is 1.49. The maximum absolute atomic E-state index is 14.0. The lowest BCUT2D eigenvalue weighted by molar-refractivity contribution is -0.570. The molecule has 0 radical (unpaired) electrons. The van der Waals surface area contributed by atoms with Crippen LogP contribution in [0.4, 0.5) is 38.0 Å². The maximum Gasteiger partial charge on any atom is 0.416 e. The Labute approximate surface area is 416 Å². The van der Waals surface area contributed by atoms with E-state index in [-0.39, 0.29) is 71.1 Å². The molecule has 73 heavy (non-hydrogen) atoms. The van der Waals surface area contributed by atoms with E-state index in [1.807, 2.05) is 18.2 Å². The lowest BCUT2D eigenvalue weighted by Gasteiger charge is -2.46. The Balaban J connectivity index is 0.702. The summed E-state index contributed by atoms with van der Waals surface area (Å²) in [5, 5.41) is 23.6. The highest BCUT2D eigenvalue weighted by atomic mass is 19.4. The molecule has 3 aromatic heterocycles. The Morgan fingerprint density at radius 2 is 1.25 bits per heavy atom. The summed E-state index contributed by atoms with van der Waals surface area (Å²) in [5.74, 6) is 1.05. The first-order valence-corrected chi connectivity index (χ1v) is 24.7. The molecule has 2 aliphatic heterocycles. The van der Waals surface area contributed by atoms with Gasteiger partial charge < -0.3 is 31.1 Å². The van der Waals surface area contributed by atoms with Crippen LogP contribution in [0.15, 0.2) is 85.7 Å². The molecule has 10 rings (SSSR count). The molecule has 2 aliphatic carbocycles. The van der Waals surface area contributed by atoms with Crippen molar-refractivity contribution in [1.82, 2.24) is 40.4 Å². The number of fused-ring (bicyclic) bond motifs is 2. The third-order valence-corrected chi connectivity index (χ3v) is 15.1. The normalized spacial score (nSPS) is 21.3. The molecule has 3 aromatic carbocycles. The van der Waals surface area contributed by atoms with Crippen molar-refractivity contribution in [3.05, 3.63) is 108 Å². The number of rotatable bonds is 14. The number of phenols is 1. The van der Waals surface area contributed by atoms with Gasteiger partial charge in [-0.3, -0.25) is 24.4 Å². The Morgan fingerprint density at radius 1 is 0.685 bits per heavy atom. The number of halogens is 6. The van der Waals surface area contributed by atoms with Crippen LogP contribution in [0.25, 0.3) is 27.5 Å². The van der Waals surface area contributed by atoms with E-state index in [4.69, 9.17) is 4.74 Å². The van der Waals surface area contributed by atoms with Gasteiger partial charge in [-0.1, -0.05) is 6.07 Å². The predicted molar refractivity (Wildman–Crippen MR) is 259 cm³/mol. The summed E-state index contributed by atoms with van der Waals surface area (Å²) < 4.78 is 89.3. The topological polar surface area (TPSA) is 174 Å². The van der Waals surface area contributed by atoms with Crippen molar-refractivity contribution in [3.63, 3.8) is 0 Å². The fourth-order valence-electron chi connectivity index (χ4n) is 11.2. The van der Waals surface area contributed by atoms with E-state index < -0.39 is 23.5 Å². The Morgan fingerprint density at radius 3 is 1.82 bits per heavy atom. The van der Waals surface area contributed by atoms with Crippen LogP contribution in [-0.4, -0.2) is 117 Å². The molecule has 0 spiro atoms. The van der Waals surface area contributed by atoms with E-state index >= 15 is 0 Å². The number of hydrogen-bond acceptors (Lipinski definition) is 12. The van der Waals surface area contributed by atoms with Crippen molar-refractivity contribution in [1.29, 1.82) is 0 Å². The van der Waals surface area contributed by atoms with Crippen LogP contribution in [0.5, 0.6) is 11.5 Å². The third kappa shape index (κ3) is 10.9. The van der Waals surface area contributed by atoms with E-state index in [0.29, 0.717) is 47.8 Å². The van der Waals surface area contributed by atoms with E-state index in [0.717, 1.165) is 100 Å². The highest BCUT2D eigenvalue weighted by Crippen LogP contribution is 2.42. The minimum absolute atomic E-state index is 0.0314. The second kappa shape index (κ2) is 20.6. The van der Waals surface area contributed by atoms with Gasteiger partial charge in [0, 0.05) is 61.5 Å². The van der Waals surface area contributed by atoms with Crippen molar-refractivity contribution in [2.75, 3.05) is 57.0 Å². The molecule has 2 amide bonds. The molecule has 6 aromatic rings. The van der Waals surface area contributed by atoms with Gasteiger partial charge in [0.1, 0.15) is 34.8 Å². The average molecular weight is 1010 g/mol. The lowest BCUT2D eigenvalue weighted by Crippen LogP contribution is -2.63. The molecule has 4 fully saturated rings. The summed E-state index contributed by atoms with van der Waals surface area (Å²) >= 11 is 0. The number of methoxy groups -OCH3 is 1. The summed E-state index contributed by atoms with van der Waals surface area (Å²) in [6, 6.07) is 14.5. The van der Waals surface area contributed by atoms with Gasteiger partial charge in [0.05, 0.1) is 60.5 Å². The van der Waals surface area contributed by atoms with Crippen molar-refractivity contribution in [2.45, 2.75) is 99.7 Å². The van der Waals surface area contributed by atoms with Crippen molar-refractivity contribution in [2.24, 2.45) is 0 Å². The van der Waals surface area contributed by atoms with E-state index in [2.05, 4.69) is 51.0 Å². The molecule has 15 nitrogen and oxygen atoms in total. The number of aromatic nitrogens is 5. The number of pyridine rings is 1. The number of hydrogen-bond donors (Lipinski definition) is 5. The third-order valence-electron chi connectivity index (χ3n) is 15.1. The molecule has 5 N–H and O–H groups in total. The molecule has 0 unspecified atom stereocenters. The minimum Gasteiger partial charge on any atom is -0.507 e. The fourth-order valence-corrected chi connectivity index (χ4v) is 11.2. The first-order valence-electron chi connectivity index (χ1n) is 24.7. The largest absolute Gasteiger partial charge is 0.507 e. The van der Waals surface area contributed by atoms with Crippen LogP contribution in [-0.2, 0) is 21.9 Å². The SMILES string of the molecule is COc1cnccc1C1CCC(N2CC(NC(=O)CNc3nc[n+](-c4ccc(C5CCC(N6CC(NC(=O)CNc7ncnc8ccc(C(F)(F)F)cc78)C6)CC5)c(O)c4)c4ccc(C(F)(F)F)cc34)C2)CC1. The van der Waals surface area contributed by atoms with Gasteiger partial charge in [-0.05, 0) is 122 Å². The summed E-state index contributed by atoms with van der Waals surface area (Å²) in [7, 11) is 1.66. The zero-order chi connectivity index (χ0) is 51.0. The van der Waals surface area contributed by atoms with Crippen LogP contribution in [0.2, 0.25) is 0 Å². The highest BCUT2D eigenvalue weighted by molar-refractivity contribution is 5.92. The molecule has 0 bridgehead atoms. The number of aromatic hydroxyl groups is 1. The van der Waals surface area contributed by atoms with Crippen molar-refractivity contribution >= 4 is 45.3 Å². The lowest BCUT2D eigenvalue weighted by atomic mass is 9.80. The highest BCUT2D eigenvalue weighted by Gasteiger charge is 2.38. The molecule has 0 atom stereocenters. The molecule has 384 valence electrons. The number of carbonyl (C=O) groups is 2. The molecular formula is C52H56F6N11O4+. The molecular weight excluding hydrogens is 957 g/mol. The zero-order valence-corrected chi connectivity index (χ0v) is 40.0. The zero-order valence-electron chi connectivity index (χ0n) is 40.0. The van der Waals surface area contributed by atoms with Crippen LogP contribution in [0, 0.1) is 0 Å². The number of likely N-dealkylation sites (tertiary alicyclic amines) is 2. The second-order valence-electron chi connectivity index (χ2n) is 19.7. The van der Waals surface area contributed by atoms with Crippen LogP contribution in [0.3, 0.4) is 0 Å². The summed E-state index contributed by atoms with van der Waals surface area (Å²) in [6.07, 6.45) is 4.64. The molecule has 21 heteroatoms. The van der Waals surface area contributed by atoms with Gasteiger partial charge in [-0.25, -0.2) is 9.97 Å². The fraction of sp³-hybridized carbons (Fsp3) is 0.442. The summed E-state index contributed by atoms with van der Waals surface area (Å²) in [4.78, 5) is 47.4. The number of phenolic OH excluding ortho intramolecular Hbond substituents is 1. The molecule has 2 saturated carbocycles. The number of benzene rings is 3. The maximum atomic E-state index is 14.0. The second-order valence-corrected chi connectivity index (χ2v) is 19.7. The summed E-state index contributed by atoms with van der Waals surface area (Å²) in [6.45, 7) is 2.41. The Hall–Kier alpha value is -6.87. The van der Waals surface area contributed by atoms with E-state index in [1.54, 1.807) is 30.1 Å². The van der Waals surface area contributed by atoms with Gasteiger partial charge in [0.25, 0.3) is 12.1 Å². The molecule has 5 heterocycles. The van der Waals surface area contributed by atoms with Crippen LogP contribution < -0.4 is 30.6 Å². The minimum atomic E-state index is -4.62. The van der Waals surface area contributed by atoms with Crippen molar-refractivity contribution < 1.29 is 50.3 Å². The van der Waals surface area contributed by atoms with E-state index in [1.165, 1.54) is 30.4 Å². The van der Waals surface area contributed by atoms with Gasteiger partial charge in [-0.2, -0.15) is 30.9 Å². The van der Waals surface area contributed by atoms with E-state index in [9.17, 15) is 41.0 Å². The van der Waals surface area contributed by atoms with Crippen LogP contribution in [0.1, 0.15) is 85.5 Å². The van der Waals surface area contributed by atoms with Gasteiger partial charge in [0.15, 0.2) is 0 Å². The number of carbonyl (C=O) groups excluding carboxylic acids is 2. The standard InChI is InChI=1S/C52H55F6N11O4/c1-73-46-21-59-17-16-40(46)31-4-10-37(11-5-31)68-26-35(27-68)66-48(72)23-61-50-42-19-33(52(56,57)58)7-15-44(42)69(29-64-50)38-12-13-39(45(70)20-38)30-2-8-36(9-3-30)67-24-34(25-67)65-47(71)22-60-49-41-18-32(51(53,54)55)6-14-43(41)62-28-63-49/h6-7,12-21,28-31,34-37H,2-5,8-11,22-27H2,1H3,(H4,60,62,63,65,66,70,71,72)/p+1. The van der Waals surface area contributed by atoms with Gasteiger partial charge in [0.2, 0.25) is 11.8 Å². The Bertz CT molecular complexity index is 2990. The van der Waals surface area contributed by atoms with Gasteiger partial charge >= 0.3 is 12.4 Å². The average Bonchev–Trinajstić information content (AvgIpc) is 3.36. The smallest absolute Gasteiger partial charge is 0.416 e. The Kier molecular flexibility index (Phi) is 14.0. The molecule has 4 aliphatic rings. The number of amides is 2. The molecule has 2 saturated heterocycles. The van der Waals surface area contributed by atoms with Crippen molar-refractivity contribution in [3.8, 4) is 17.2 Å². The monoisotopic (exact) mass is 1010 g/mol. The number of anilines is 2. The number of nitrogens with one attached hydrogen (secondary N) is 4. The first-order chi connectivity index (χ1) is 35.1.